The largest absolute Gasteiger partial charge is 0.342 e. The van der Waals surface area contributed by atoms with Crippen LogP contribution in [0.25, 0.3) is 11.0 Å². The first kappa shape index (κ1) is 19.2. The zero-order valence-electron chi connectivity index (χ0n) is 16.9. The van der Waals surface area contributed by atoms with Gasteiger partial charge in [-0.3, -0.25) is 9.59 Å². The van der Waals surface area contributed by atoms with Crippen LogP contribution in [0.5, 0.6) is 0 Å². The fourth-order valence-electron chi connectivity index (χ4n) is 3.56. The van der Waals surface area contributed by atoms with Crippen LogP contribution in [0.2, 0.25) is 0 Å². The van der Waals surface area contributed by atoms with Gasteiger partial charge in [0.2, 0.25) is 5.91 Å². The number of hydrogen-bond donors (Lipinski definition) is 3. The molecule has 0 aliphatic heterocycles. The van der Waals surface area contributed by atoms with Gasteiger partial charge in [0.1, 0.15) is 5.82 Å². The van der Waals surface area contributed by atoms with Gasteiger partial charge in [0.25, 0.3) is 5.91 Å². The summed E-state index contributed by atoms with van der Waals surface area (Å²) in [6.07, 6.45) is 0.930. The number of H-pyrrole nitrogens is 1. The predicted octanol–water partition coefficient (Wildman–Crippen LogP) is 4.28. The van der Waals surface area contributed by atoms with Crippen molar-refractivity contribution in [3.8, 4) is 0 Å². The van der Waals surface area contributed by atoms with Crippen LogP contribution >= 0.6 is 0 Å². The van der Waals surface area contributed by atoms with E-state index in [-0.39, 0.29) is 29.7 Å². The smallest absolute Gasteiger partial charge is 0.251 e. The minimum absolute atomic E-state index is 0.0254. The number of nitrogens with one attached hydrogen (secondary N) is 3. The molecule has 29 heavy (non-hydrogen) atoms. The summed E-state index contributed by atoms with van der Waals surface area (Å²) in [5.74, 6) is 1.25. The SMILES string of the molecule is CC(C)[C@H](NC(=O)c1cccc(NC(=O)[C@@H]2C[C@@H]2C)c1)c1nc2ccccc2[nH]1. The predicted molar refractivity (Wildman–Crippen MR) is 113 cm³/mol. The molecule has 3 atom stereocenters. The molecule has 0 spiro atoms. The van der Waals surface area contributed by atoms with E-state index in [9.17, 15) is 9.59 Å². The molecule has 0 radical (unpaired) electrons. The van der Waals surface area contributed by atoms with Gasteiger partial charge in [-0.15, -0.1) is 0 Å². The van der Waals surface area contributed by atoms with Crippen LogP contribution in [-0.2, 0) is 4.79 Å². The lowest BCUT2D eigenvalue weighted by molar-refractivity contribution is -0.117. The molecule has 1 heterocycles. The summed E-state index contributed by atoms with van der Waals surface area (Å²) in [5.41, 5.74) is 2.97. The number of aromatic nitrogens is 2. The number of benzene rings is 2. The molecule has 4 rings (SSSR count). The van der Waals surface area contributed by atoms with Crippen molar-refractivity contribution in [3.05, 3.63) is 59.9 Å². The van der Waals surface area contributed by atoms with Crippen LogP contribution in [0.15, 0.2) is 48.5 Å². The molecular formula is C23H26N4O2. The van der Waals surface area contributed by atoms with Gasteiger partial charge >= 0.3 is 0 Å². The van der Waals surface area contributed by atoms with Gasteiger partial charge in [-0.05, 0) is 48.6 Å². The fraction of sp³-hybridized carbons (Fsp3) is 0.348. The van der Waals surface area contributed by atoms with E-state index >= 15 is 0 Å². The van der Waals surface area contributed by atoms with E-state index in [2.05, 4.69) is 27.5 Å². The third-order valence-corrected chi connectivity index (χ3v) is 5.49. The number of nitrogens with zero attached hydrogens (tertiary/aromatic N) is 1. The van der Waals surface area contributed by atoms with E-state index in [0.717, 1.165) is 23.3 Å². The average molecular weight is 390 g/mol. The van der Waals surface area contributed by atoms with Gasteiger partial charge in [0.05, 0.1) is 17.1 Å². The Labute approximate surface area is 170 Å². The lowest BCUT2D eigenvalue weighted by Crippen LogP contribution is -2.32. The minimum Gasteiger partial charge on any atom is -0.342 e. The minimum atomic E-state index is -0.250. The Morgan fingerprint density at radius 2 is 1.90 bits per heavy atom. The number of fused-ring (bicyclic) bond motifs is 1. The maximum absolute atomic E-state index is 12.9. The molecule has 6 nitrogen and oxygen atoms in total. The van der Waals surface area contributed by atoms with E-state index < -0.39 is 0 Å². The standard InChI is InChI=1S/C23H26N4O2/c1-13(2)20(21-25-18-9-4-5-10-19(18)26-21)27-22(28)15-7-6-8-16(12-15)24-23(29)17-11-14(17)3/h4-10,12-14,17,20H,11H2,1-3H3,(H,24,29)(H,25,26)(H,27,28)/t14-,17+,20-/m0/s1. The zero-order valence-corrected chi connectivity index (χ0v) is 16.9. The molecule has 0 saturated heterocycles. The van der Waals surface area contributed by atoms with Gasteiger partial charge < -0.3 is 15.6 Å². The Morgan fingerprint density at radius 3 is 2.59 bits per heavy atom. The van der Waals surface area contributed by atoms with Crippen molar-refractivity contribution in [3.63, 3.8) is 0 Å². The second-order valence-electron chi connectivity index (χ2n) is 8.22. The topological polar surface area (TPSA) is 86.9 Å². The Kier molecular flexibility index (Phi) is 5.09. The van der Waals surface area contributed by atoms with E-state index in [1.54, 1.807) is 24.3 Å². The van der Waals surface area contributed by atoms with E-state index in [0.29, 0.717) is 17.2 Å². The van der Waals surface area contributed by atoms with Crippen molar-refractivity contribution in [2.24, 2.45) is 17.8 Å². The number of anilines is 1. The van der Waals surface area contributed by atoms with Crippen LogP contribution < -0.4 is 10.6 Å². The van der Waals surface area contributed by atoms with E-state index in [1.165, 1.54) is 0 Å². The molecule has 0 bridgehead atoms. The molecule has 2 aromatic carbocycles. The van der Waals surface area contributed by atoms with Crippen molar-refractivity contribution in [2.75, 3.05) is 5.32 Å². The van der Waals surface area contributed by atoms with Gasteiger partial charge in [0, 0.05) is 17.2 Å². The quantitative estimate of drug-likeness (QED) is 0.587. The first-order valence-electron chi connectivity index (χ1n) is 10.1. The van der Waals surface area contributed by atoms with Gasteiger partial charge in [0.15, 0.2) is 0 Å². The van der Waals surface area contributed by atoms with Crippen LogP contribution in [0.1, 0.15) is 49.4 Å². The summed E-state index contributed by atoms with van der Waals surface area (Å²) < 4.78 is 0. The van der Waals surface area contributed by atoms with Gasteiger partial charge in [-0.1, -0.05) is 39.0 Å². The Hall–Kier alpha value is -3.15. The molecule has 1 fully saturated rings. The normalized spacial score (nSPS) is 19.2. The highest BCUT2D eigenvalue weighted by Gasteiger charge is 2.39. The van der Waals surface area contributed by atoms with Crippen molar-refractivity contribution < 1.29 is 9.59 Å². The van der Waals surface area contributed by atoms with Crippen LogP contribution in [-0.4, -0.2) is 21.8 Å². The highest BCUT2D eigenvalue weighted by Crippen LogP contribution is 2.38. The second kappa shape index (κ2) is 7.70. The molecule has 0 unspecified atom stereocenters. The maximum atomic E-state index is 12.9. The van der Waals surface area contributed by atoms with Gasteiger partial charge in [-0.25, -0.2) is 4.98 Å². The first-order valence-corrected chi connectivity index (χ1v) is 10.1. The maximum Gasteiger partial charge on any atom is 0.251 e. The summed E-state index contributed by atoms with van der Waals surface area (Å²) in [5, 5.41) is 6.00. The van der Waals surface area contributed by atoms with Crippen LogP contribution in [0, 0.1) is 17.8 Å². The Morgan fingerprint density at radius 1 is 1.14 bits per heavy atom. The molecule has 2 amide bonds. The highest BCUT2D eigenvalue weighted by atomic mass is 16.2. The third kappa shape index (κ3) is 4.16. The van der Waals surface area contributed by atoms with Crippen molar-refractivity contribution in [1.29, 1.82) is 0 Å². The fourth-order valence-corrected chi connectivity index (χ4v) is 3.56. The molecule has 150 valence electrons. The zero-order chi connectivity index (χ0) is 20.5. The third-order valence-electron chi connectivity index (χ3n) is 5.49. The lowest BCUT2D eigenvalue weighted by atomic mass is 10.0. The number of aromatic amines is 1. The number of rotatable bonds is 6. The van der Waals surface area contributed by atoms with Crippen LogP contribution in [0.3, 0.4) is 0 Å². The monoisotopic (exact) mass is 390 g/mol. The van der Waals surface area contributed by atoms with Crippen molar-refractivity contribution in [1.82, 2.24) is 15.3 Å². The number of amides is 2. The summed E-state index contributed by atoms with van der Waals surface area (Å²) in [7, 11) is 0. The molecular weight excluding hydrogens is 364 g/mol. The number of carbonyl (C=O) groups is 2. The molecule has 3 aromatic rings. The molecule has 3 N–H and O–H groups in total. The van der Waals surface area contributed by atoms with E-state index in [4.69, 9.17) is 0 Å². The summed E-state index contributed by atoms with van der Waals surface area (Å²) >= 11 is 0. The highest BCUT2D eigenvalue weighted by molar-refractivity contribution is 5.98. The van der Waals surface area contributed by atoms with Crippen molar-refractivity contribution in [2.45, 2.75) is 33.2 Å². The molecule has 1 saturated carbocycles. The number of carbonyl (C=O) groups excluding carboxylic acids is 2. The molecule has 1 aliphatic carbocycles. The lowest BCUT2D eigenvalue weighted by Gasteiger charge is -2.20. The van der Waals surface area contributed by atoms with E-state index in [1.807, 2.05) is 38.1 Å². The number of hydrogen-bond acceptors (Lipinski definition) is 3. The molecule has 1 aliphatic rings. The summed E-state index contributed by atoms with van der Waals surface area (Å²) in [6.45, 7) is 6.16. The average Bonchev–Trinajstić information content (AvgIpc) is 3.28. The summed E-state index contributed by atoms with van der Waals surface area (Å²) in [4.78, 5) is 33.1. The Bertz CT molecular complexity index is 1020. The second-order valence-corrected chi connectivity index (χ2v) is 8.22. The Balaban J connectivity index is 1.50. The molecule has 1 aromatic heterocycles. The van der Waals surface area contributed by atoms with Crippen molar-refractivity contribution >= 4 is 28.5 Å². The van der Waals surface area contributed by atoms with Crippen LogP contribution in [0.4, 0.5) is 5.69 Å². The summed E-state index contributed by atoms with van der Waals surface area (Å²) in [6, 6.07) is 14.6. The number of imidazole rings is 1. The number of para-hydroxylation sites is 2. The van der Waals surface area contributed by atoms with Gasteiger partial charge in [-0.2, -0.15) is 0 Å². The molecule has 6 heteroatoms. The first-order chi connectivity index (χ1) is 13.9.